The molecule has 0 saturated carbocycles. The molecule has 0 bridgehead atoms. The van der Waals surface area contributed by atoms with Gasteiger partial charge < -0.3 is 4.90 Å². The third-order valence-corrected chi connectivity index (χ3v) is 3.27. The molecule has 5 heteroatoms. The fraction of sp³-hybridized carbons (Fsp3) is 0.133. The number of aromatic nitrogens is 1. The Morgan fingerprint density at radius 3 is 2.55 bits per heavy atom. The first-order valence-corrected chi connectivity index (χ1v) is 6.75. The van der Waals surface area contributed by atoms with Crippen LogP contribution >= 0.6 is 15.9 Å². The van der Waals surface area contributed by atoms with Gasteiger partial charge >= 0.3 is 0 Å². The number of pyridine rings is 1. The standard InChI is InChI=1S/C15H12BrN3O/c1-19(10-12-4-2-11(8-17)3-5-12)15(20)14-7-6-13(16)9-18-14/h2-7,9H,10H2,1H3. The quantitative estimate of drug-likeness (QED) is 0.869. The predicted molar refractivity (Wildman–Crippen MR) is 78.9 cm³/mol. The largest absolute Gasteiger partial charge is 0.336 e. The van der Waals surface area contributed by atoms with Crippen molar-refractivity contribution >= 4 is 21.8 Å². The molecule has 1 heterocycles. The van der Waals surface area contributed by atoms with Crippen LogP contribution in [0.2, 0.25) is 0 Å². The van der Waals surface area contributed by atoms with Gasteiger partial charge in [-0.25, -0.2) is 4.98 Å². The zero-order valence-corrected chi connectivity index (χ0v) is 12.5. The fourth-order valence-corrected chi connectivity index (χ4v) is 1.96. The van der Waals surface area contributed by atoms with E-state index in [0.717, 1.165) is 10.0 Å². The van der Waals surface area contributed by atoms with Crippen LogP contribution in [-0.2, 0) is 6.54 Å². The van der Waals surface area contributed by atoms with Gasteiger partial charge in [-0.05, 0) is 45.8 Å². The molecule has 2 rings (SSSR count). The fourth-order valence-electron chi connectivity index (χ4n) is 1.73. The number of hydrogen-bond donors (Lipinski definition) is 0. The van der Waals surface area contributed by atoms with E-state index >= 15 is 0 Å². The van der Waals surface area contributed by atoms with E-state index in [2.05, 4.69) is 27.0 Å². The number of nitrogens with zero attached hydrogens (tertiary/aromatic N) is 3. The van der Waals surface area contributed by atoms with Gasteiger partial charge in [-0.2, -0.15) is 5.26 Å². The summed E-state index contributed by atoms with van der Waals surface area (Å²) in [6.45, 7) is 0.474. The van der Waals surface area contributed by atoms with Crippen molar-refractivity contribution in [2.75, 3.05) is 7.05 Å². The minimum Gasteiger partial charge on any atom is -0.336 e. The molecular formula is C15H12BrN3O. The molecule has 0 radical (unpaired) electrons. The molecular weight excluding hydrogens is 318 g/mol. The van der Waals surface area contributed by atoms with Crippen molar-refractivity contribution < 1.29 is 4.79 Å². The zero-order chi connectivity index (χ0) is 14.5. The molecule has 1 aromatic heterocycles. The maximum absolute atomic E-state index is 12.2. The number of nitriles is 1. The number of carbonyl (C=O) groups is 1. The van der Waals surface area contributed by atoms with Gasteiger partial charge in [0.15, 0.2) is 0 Å². The lowest BCUT2D eigenvalue weighted by Crippen LogP contribution is -2.26. The molecule has 0 spiro atoms. The van der Waals surface area contributed by atoms with Gasteiger partial charge in [-0.15, -0.1) is 0 Å². The number of rotatable bonds is 3. The van der Waals surface area contributed by atoms with Crippen molar-refractivity contribution in [3.8, 4) is 6.07 Å². The van der Waals surface area contributed by atoms with Crippen molar-refractivity contribution in [3.63, 3.8) is 0 Å². The van der Waals surface area contributed by atoms with E-state index in [9.17, 15) is 4.79 Å². The van der Waals surface area contributed by atoms with Crippen LogP contribution in [-0.4, -0.2) is 22.8 Å². The Morgan fingerprint density at radius 2 is 2.00 bits per heavy atom. The molecule has 0 saturated heterocycles. The van der Waals surface area contributed by atoms with Crippen LogP contribution in [0.15, 0.2) is 47.1 Å². The highest BCUT2D eigenvalue weighted by Gasteiger charge is 2.13. The Balaban J connectivity index is 2.07. The molecule has 1 amide bonds. The maximum atomic E-state index is 12.2. The molecule has 0 N–H and O–H groups in total. The van der Waals surface area contributed by atoms with Crippen LogP contribution in [0.3, 0.4) is 0 Å². The predicted octanol–water partition coefficient (Wildman–Crippen LogP) is 2.99. The molecule has 4 nitrogen and oxygen atoms in total. The lowest BCUT2D eigenvalue weighted by atomic mass is 10.1. The number of halogens is 1. The molecule has 1 aromatic carbocycles. The van der Waals surface area contributed by atoms with Crippen LogP contribution in [0, 0.1) is 11.3 Å². The van der Waals surface area contributed by atoms with Crippen LogP contribution in [0.4, 0.5) is 0 Å². The van der Waals surface area contributed by atoms with Crippen molar-refractivity contribution in [2.45, 2.75) is 6.54 Å². The molecule has 20 heavy (non-hydrogen) atoms. The van der Waals surface area contributed by atoms with Crippen molar-refractivity contribution in [3.05, 3.63) is 63.9 Å². The topological polar surface area (TPSA) is 57.0 Å². The minimum atomic E-state index is -0.137. The summed E-state index contributed by atoms with van der Waals surface area (Å²) < 4.78 is 0.837. The van der Waals surface area contributed by atoms with Gasteiger partial charge in [0, 0.05) is 24.3 Å². The summed E-state index contributed by atoms with van der Waals surface area (Å²) in [7, 11) is 1.73. The van der Waals surface area contributed by atoms with Crippen molar-refractivity contribution in [1.29, 1.82) is 5.26 Å². The molecule has 0 unspecified atom stereocenters. The second-order valence-corrected chi connectivity index (χ2v) is 5.25. The number of carbonyl (C=O) groups excluding carboxylic acids is 1. The zero-order valence-electron chi connectivity index (χ0n) is 10.9. The average molecular weight is 330 g/mol. The Kier molecular flexibility index (Phi) is 4.49. The smallest absolute Gasteiger partial charge is 0.272 e. The number of benzene rings is 1. The molecule has 0 atom stereocenters. The van der Waals surface area contributed by atoms with Gasteiger partial charge in [-0.1, -0.05) is 12.1 Å². The summed E-state index contributed by atoms with van der Waals surface area (Å²) >= 11 is 3.29. The highest BCUT2D eigenvalue weighted by molar-refractivity contribution is 9.10. The van der Waals surface area contributed by atoms with E-state index < -0.39 is 0 Å². The minimum absolute atomic E-state index is 0.137. The van der Waals surface area contributed by atoms with E-state index in [1.165, 1.54) is 0 Å². The molecule has 2 aromatic rings. The van der Waals surface area contributed by atoms with E-state index in [0.29, 0.717) is 17.8 Å². The van der Waals surface area contributed by atoms with Crippen LogP contribution in [0.1, 0.15) is 21.6 Å². The maximum Gasteiger partial charge on any atom is 0.272 e. The van der Waals surface area contributed by atoms with Gasteiger partial charge in [0.1, 0.15) is 5.69 Å². The summed E-state index contributed by atoms with van der Waals surface area (Å²) in [6.07, 6.45) is 1.60. The summed E-state index contributed by atoms with van der Waals surface area (Å²) in [5.41, 5.74) is 1.98. The van der Waals surface area contributed by atoms with E-state index in [4.69, 9.17) is 5.26 Å². The molecule has 0 aliphatic carbocycles. The van der Waals surface area contributed by atoms with Gasteiger partial charge in [0.2, 0.25) is 0 Å². The normalized spacial score (nSPS) is 9.85. The highest BCUT2D eigenvalue weighted by Crippen LogP contribution is 2.11. The van der Waals surface area contributed by atoms with Crippen LogP contribution < -0.4 is 0 Å². The summed E-state index contributed by atoms with van der Waals surface area (Å²) in [5, 5.41) is 8.74. The molecule has 100 valence electrons. The van der Waals surface area contributed by atoms with Gasteiger partial charge in [-0.3, -0.25) is 4.79 Å². The summed E-state index contributed by atoms with van der Waals surface area (Å²) in [5.74, 6) is -0.137. The first-order chi connectivity index (χ1) is 9.60. The molecule has 0 fully saturated rings. The Bertz CT molecular complexity index is 644. The SMILES string of the molecule is CN(Cc1ccc(C#N)cc1)C(=O)c1ccc(Br)cn1. The Hall–Kier alpha value is -2.19. The first-order valence-electron chi connectivity index (χ1n) is 5.96. The second kappa shape index (κ2) is 6.31. The van der Waals surface area contributed by atoms with Crippen LogP contribution in [0.5, 0.6) is 0 Å². The average Bonchev–Trinajstić information content (AvgIpc) is 2.48. The Morgan fingerprint density at radius 1 is 1.30 bits per heavy atom. The molecule has 0 aliphatic heterocycles. The van der Waals surface area contributed by atoms with Crippen molar-refractivity contribution in [1.82, 2.24) is 9.88 Å². The monoisotopic (exact) mass is 329 g/mol. The summed E-state index contributed by atoms with van der Waals surface area (Å²) in [6, 6.07) is 12.7. The second-order valence-electron chi connectivity index (χ2n) is 4.33. The number of hydrogen-bond acceptors (Lipinski definition) is 3. The third-order valence-electron chi connectivity index (χ3n) is 2.80. The third kappa shape index (κ3) is 3.43. The van der Waals surface area contributed by atoms with Gasteiger partial charge in [0.05, 0.1) is 11.6 Å². The highest BCUT2D eigenvalue weighted by atomic mass is 79.9. The van der Waals surface area contributed by atoms with Crippen LogP contribution in [0.25, 0.3) is 0 Å². The molecule has 0 aliphatic rings. The lowest BCUT2D eigenvalue weighted by Gasteiger charge is -2.16. The van der Waals surface area contributed by atoms with Crippen molar-refractivity contribution in [2.24, 2.45) is 0 Å². The first kappa shape index (κ1) is 14.2. The van der Waals surface area contributed by atoms with E-state index in [1.807, 2.05) is 12.1 Å². The summed E-state index contributed by atoms with van der Waals surface area (Å²) in [4.78, 5) is 17.9. The van der Waals surface area contributed by atoms with E-state index in [1.54, 1.807) is 42.4 Å². The van der Waals surface area contributed by atoms with E-state index in [-0.39, 0.29) is 5.91 Å². The number of amides is 1. The van der Waals surface area contributed by atoms with Gasteiger partial charge in [0.25, 0.3) is 5.91 Å². The lowest BCUT2D eigenvalue weighted by molar-refractivity contribution is 0.0779. The Labute approximate surface area is 125 Å².